The quantitative estimate of drug-likeness (QED) is 0.441. The number of Topliss-reactive ketones (excluding diaryl/α,β-unsaturated/α-hetero) is 1. The van der Waals surface area contributed by atoms with Crippen molar-refractivity contribution in [3.8, 4) is 0 Å². The van der Waals surface area contributed by atoms with Crippen LogP contribution >= 0.6 is 11.6 Å². The van der Waals surface area contributed by atoms with E-state index in [1.807, 2.05) is 6.92 Å². The third-order valence-corrected chi connectivity index (χ3v) is 6.32. The lowest BCUT2D eigenvalue weighted by Crippen LogP contribution is -2.18. The Morgan fingerprint density at radius 2 is 1.73 bits per heavy atom. The molecule has 6 heteroatoms. The number of hydrogen-bond donors (Lipinski definition) is 0. The first-order chi connectivity index (χ1) is 14.1. The molecule has 0 spiro atoms. The Hall–Kier alpha value is -1.88. The number of alkyl halides is 3. The number of carbonyl (C=O) groups excluding carboxylic acids is 1. The maximum absolute atomic E-state index is 12.9. The molecule has 0 bridgehead atoms. The van der Waals surface area contributed by atoms with Gasteiger partial charge in [0.1, 0.15) is 0 Å². The van der Waals surface area contributed by atoms with Crippen molar-refractivity contribution in [3.63, 3.8) is 0 Å². The number of benzene rings is 1. The molecule has 162 valence electrons. The summed E-state index contributed by atoms with van der Waals surface area (Å²) in [5, 5.41) is 0.0858. The molecule has 1 fully saturated rings. The molecule has 0 radical (unpaired) electrons. The van der Waals surface area contributed by atoms with E-state index in [2.05, 4.69) is 24.0 Å². The van der Waals surface area contributed by atoms with Crippen molar-refractivity contribution in [2.45, 2.75) is 65.0 Å². The van der Waals surface area contributed by atoms with Crippen LogP contribution in [0, 0.1) is 25.7 Å². The van der Waals surface area contributed by atoms with E-state index in [1.54, 1.807) is 0 Å². The van der Waals surface area contributed by atoms with Crippen LogP contribution in [0.4, 0.5) is 13.2 Å². The van der Waals surface area contributed by atoms with Gasteiger partial charge in [0.15, 0.2) is 5.78 Å². The van der Waals surface area contributed by atoms with E-state index < -0.39 is 11.7 Å². The third kappa shape index (κ3) is 6.07. The molecule has 1 aliphatic carbocycles. The number of aryl methyl sites for hydroxylation is 3. The number of nitrogens with zero attached hydrogens (tertiary/aromatic N) is 1. The van der Waals surface area contributed by atoms with Crippen molar-refractivity contribution in [1.29, 1.82) is 0 Å². The van der Waals surface area contributed by atoms with Gasteiger partial charge in [0.25, 0.3) is 0 Å². The first-order valence-electron chi connectivity index (χ1n) is 10.5. The van der Waals surface area contributed by atoms with Crippen LogP contribution < -0.4 is 0 Å². The van der Waals surface area contributed by atoms with Crippen LogP contribution in [0.25, 0.3) is 0 Å². The summed E-state index contributed by atoms with van der Waals surface area (Å²) < 4.78 is 38.8. The Morgan fingerprint density at radius 1 is 1.07 bits per heavy atom. The highest BCUT2D eigenvalue weighted by atomic mass is 35.5. The molecule has 0 saturated heterocycles. The van der Waals surface area contributed by atoms with Crippen LogP contribution in [0.5, 0.6) is 0 Å². The lowest BCUT2D eigenvalue weighted by Gasteiger charge is -2.28. The van der Waals surface area contributed by atoms with Crippen molar-refractivity contribution in [3.05, 3.63) is 63.4 Å². The molecule has 0 amide bonds. The molecule has 30 heavy (non-hydrogen) atoms. The normalized spacial score (nSPS) is 19.7. The Bertz CT molecular complexity index is 882. The molecule has 1 aromatic carbocycles. The van der Waals surface area contributed by atoms with Crippen LogP contribution in [0.3, 0.4) is 0 Å². The minimum Gasteiger partial charge on any atom is -0.294 e. The highest BCUT2D eigenvalue weighted by Crippen LogP contribution is 2.36. The lowest BCUT2D eigenvalue weighted by atomic mass is 9.77. The molecule has 2 nitrogen and oxygen atoms in total. The van der Waals surface area contributed by atoms with E-state index in [9.17, 15) is 18.0 Å². The van der Waals surface area contributed by atoms with Crippen LogP contribution in [0.2, 0.25) is 5.02 Å². The molecule has 0 aliphatic heterocycles. The SMILES string of the molecule is Cc1cc(C)nc(CCC2CCC(CC(=O)c3cc(C(F)(F)F)ccc3Cl)CC2)c1. The average molecular weight is 438 g/mol. The number of ketones is 1. The molecular formula is C24H27ClF3NO. The number of halogens is 4. The molecular weight excluding hydrogens is 411 g/mol. The Kier molecular flexibility index (Phi) is 7.22. The van der Waals surface area contributed by atoms with Crippen molar-refractivity contribution >= 4 is 17.4 Å². The minimum absolute atomic E-state index is 0.0190. The van der Waals surface area contributed by atoms with Gasteiger partial charge in [0, 0.05) is 23.4 Å². The van der Waals surface area contributed by atoms with Gasteiger partial charge in [-0.05, 0) is 87.3 Å². The fourth-order valence-electron chi connectivity index (χ4n) is 4.42. The summed E-state index contributed by atoms with van der Waals surface area (Å²) in [6, 6.07) is 7.16. The van der Waals surface area contributed by atoms with Gasteiger partial charge in [-0.2, -0.15) is 13.2 Å². The standard InChI is InChI=1S/C24H27ClF3NO/c1-15-11-16(2)29-20(12-15)9-7-17-3-5-18(6-4-17)13-23(30)21-14-19(24(26,27)28)8-10-22(21)25/h8,10-12,14,17-18H,3-7,9,13H2,1-2H3. The summed E-state index contributed by atoms with van der Waals surface area (Å²) in [5.41, 5.74) is 2.55. The van der Waals surface area contributed by atoms with Gasteiger partial charge in [-0.25, -0.2) is 0 Å². The minimum atomic E-state index is -4.48. The zero-order chi connectivity index (χ0) is 21.9. The van der Waals surface area contributed by atoms with Crippen LogP contribution in [-0.2, 0) is 12.6 Å². The first-order valence-corrected chi connectivity index (χ1v) is 10.8. The molecule has 2 aromatic rings. The van der Waals surface area contributed by atoms with Gasteiger partial charge in [-0.1, -0.05) is 24.4 Å². The van der Waals surface area contributed by atoms with Gasteiger partial charge in [-0.15, -0.1) is 0 Å². The Balaban J connectivity index is 1.51. The summed E-state index contributed by atoms with van der Waals surface area (Å²) in [4.78, 5) is 17.2. The van der Waals surface area contributed by atoms with Crippen LogP contribution in [-0.4, -0.2) is 10.8 Å². The van der Waals surface area contributed by atoms with Gasteiger partial charge in [0.05, 0.1) is 10.6 Å². The number of carbonyl (C=O) groups is 1. The fraction of sp³-hybridized carbons (Fsp3) is 0.500. The Labute approximate surface area is 180 Å². The maximum Gasteiger partial charge on any atom is 0.416 e. The fourth-order valence-corrected chi connectivity index (χ4v) is 4.64. The monoisotopic (exact) mass is 437 g/mol. The second-order valence-electron chi connectivity index (χ2n) is 8.52. The predicted octanol–water partition coefficient (Wildman–Crippen LogP) is 7.38. The molecule has 0 N–H and O–H groups in total. The van der Waals surface area contributed by atoms with Crippen molar-refractivity contribution in [2.24, 2.45) is 11.8 Å². The van der Waals surface area contributed by atoms with Gasteiger partial charge in [-0.3, -0.25) is 9.78 Å². The molecule has 1 heterocycles. The van der Waals surface area contributed by atoms with E-state index in [1.165, 1.54) is 5.56 Å². The predicted molar refractivity (Wildman–Crippen MR) is 113 cm³/mol. The van der Waals surface area contributed by atoms with Crippen molar-refractivity contribution in [2.75, 3.05) is 0 Å². The van der Waals surface area contributed by atoms with Crippen molar-refractivity contribution < 1.29 is 18.0 Å². The summed E-state index contributed by atoms with van der Waals surface area (Å²) in [6.45, 7) is 4.09. The molecule has 0 atom stereocenters. The number of hydrogen-bond acceptors (Lipinski definition) is 2. The summed E-state index contributed by atoms with van der Waals surface area (Å²) >= 11 is 6.01. The molecule has 1 aromatic heterocycles. The van der Waals surface area contributed by atoms with E-state index in [0.29, 0.717) is 5.92 Å². The van der Waals surface area contributed by atoms with E-state index in [4.69, 9.17) is 11.6 Å². The first kappa shape index (κ1) is 22.8. The second-order valence-corrected chi connectivity index (χ2v) is 8.93. The van der Waals surface area contributed by atoms with Gasteiger partial charge < -0.3 is 0 Å². The summed E-state index contributed by atoms with van der Waals surface area (Å²) in [5.74, 6) is 0.517. The van der Waals surface area contributed by atoms with E-state index >= 15 is 0 Å². The maximum atomic E-state index is 12.9. The lowest BCUT2D eigenvalue weighted by molar-refractivity contribution is -0.137. The number of aromatic nitrogens is 1. The smallest absolute Gasteiger partial charge is 0.294 e. The average Bonchev–Trinajstić information content (AvgIpc) is 2.66. The summed E-state index contributed by atoms with van der Waals surface area (Å²) in [6.07, 6.45) is 1.74. The van der Waals surface area contributed by atoms with Crippen LogP contribution in [0.15, 0.2) is 30.3 Å². The second kappa shape index (κ2) is 9.51. The molecule has 1 aliphatic rings. The van der Waals surface area contributed by atoms with Crippen LogP contribution in [0.1, 0.15) is 71.4 Å². The molecule has 3 rings (SSSR count). The molecule has 1 saturated carbocycles. The van der Waals surface area contributed by atoms with Gasteiger partial charge in [0.2, 0.25) is 0 Å². The Morgan fingerprint density at radius 3 is 2.37 bits per heavy atom. The number of pyridine rings is 1. The summed E-state index contributed by atoms with van der Waals surface area (Å²) in [7, 11) is 0. The number of rotatable bonds is 6. The highest BCUT2D eigenvalue weighted by molar-refractivity contribution is 6.34. The topological polar surface area (TPSA) is 30.0 Å². The zero-order valence-corrected chi connectivity index (χ0v) is 18.1. The van der Waals surface area contributed by atoms with E-state index in [0.717, 1.165) is 68.1 Å². The van der Waals surface area contributed by atoms with Crippen molar-refractivity contribution in [1.82, 2.24) is 4.98 Å². The molecule has 0 unspecified atom stereocenters. The largest absolute Gasteiger partial charge is 0.416 e. The van der Waals surface area contributed by atoms with E-state index in [-0.39, 0.29) is 28.7 Å². The zero-order valence-electron chi connectivity index (χ0n) is 17.4. The van der Waals surface area contributed by atoms with Gasteiger partial charge >= 0.3 is 6.18 Å². The highest BCUT2D eigenvalue weighted by Gasteiger charge is 2.32. The third-order valence-electron chi connectivity index (χ3n) is 5.99.